The average Bonchev–Trinajstić information content (AvgIpc) is 2.39. The van der Waals surface area contributed by atoms with Crippen molar-refractivity contribution in [2.45, 2.75) is 12.3 Å². The van der Waals surface area contributed by atoms with Gasteiger partial charge in [0.1, 0.15) is 5.82 Å². The van der Waals surface area contributed by atoms with Crippen LogP contribution in [0.25, 0.3) is 11.3 Å². The topological polar surface area (TPSA) is 73.9 Å². The van der Waals surface area contributed by atoms with Gasteiger partial charge in [0.05, 0.1) is 24.3 Å². The molecule has 0 aromatic carbocycles. The normalized spacial score (nSPS) is 16.9. The van der Waals surface area contributed by atoms with E-state index >= 15 is 0 Å². The highest BCUT2D eigenvalue weighted by Crippen LogP contribution is 2.30. The van der Waals surface area contributed by atoms with E-state index in [1.54, 1.807) is 12.4 Å². The van der Waals surface area contributed by atoms with Gasteiger partial charge in [-0.2, -0.15) is 0 Å². The van der Waals surface area contributed by atoms with E-state index in [0.717, 1.165) is 22.8 Å². The Labute approximate surface area is 111 Å². The number of hydrogen-bond acceptors (Lipinski definition) is 5. The highest BCUT2D eigenvalue weighted by molar-refractivity contribution is 5.58. The van der Waals surface area contributed by atoms with Crippen LogP contribution in [0.4, 0.5) is 0 Å². The molecule has 0 aliphatic carbocycles. The Morgan fingerprint density at radius 3 is 2.58 bits per heavy atom. The van der Waals surface area contributed by atoms with Gasteiger partial charge in [-0.25, -0.2) is 9.97 Å². The predicted octanol–water partition coefficient (Wildman–Crippen LogP) is 1.07. The molecular weight excluding hydrogens is 240 g/mol. The third-order valence-electron chi connectivity index (χ3n) is 3.45. The minimum atomic E-state index is -0.214. The highest BCUT2D eigenvalue weighted by Gasteiger charge is 2.42. The lowest BCUT2D eigenvalue weighted by Gasteiger charge is -2.39. The summed E-state index contributed by atoms with van der Waals surface area (Å²) in [4.78, 5) is 13.2. The maximum absolute atomic E-state index is 5.87. The van der Waals surface area contributed by atoms with E-state index in [1.165, 1.54) is 0 Å². The minimum Gasteiger partial charge on any atom is -0.379 e. The number of nitrogens with two attached hydrogens (primary N) is 1. The molecule has 0 saturated carbocycles. The van der Waals surface area contributed by atoms with Crippen LogP contribution in [0.3, 0.4) is 0 Å². The lowest BCUT2D eigenvalue weighted by atomic mass is 9.85. The van der Waals surface area contributed by atoms with E-state index < -0.39 is 0 Å². The minimum absolute atomic E-state index is 0.214. The summed E-state index contributed by atoms with van der Waals surface area (Å²) in [6, 6.07) is 5.86. The van der Waals surface area contributed by atoms with E-state index in [9.17, 15) is 0 Å². The van der Waals surface area contributed by atoms with Crippen LogP contribution in [-0.2, 0) is 10.2 Å². The monoisotopic (exact) mass is 256 g/mol. The third kappa shape index (κ3) is 2.11. The molecule has 0 radical (unpaired) electrons. The van der Waals surface area contributed by atoms with E-state index in [-0.39, 0.29) is 5.41 Å². The molecule has 0 spiro atoms. The molecule has 3 rings (SSSR count). The molecule has 0 unspecified atom stereocenters. The molecule has 2 N–H and O–H groups in total. The zero-order valence-corrected chi connectivity index (χ0v) is 10.8. The summed E-state index contributed by atoms with van der Waals surface area (Å²) in [7, 11) is 0. The van der Waals surface area contributed by atoms with Gasteiger partial charge in [0, 0.05) is 30.2 Å². The second-order valence-electron chi connectivity index (χ2n) is 4.93. The second-order valence-corrected chi connectivity index (χ2v) is 4.93. The molecule has 98 valence electrons. The molecule has 2 aromatic heterocycles. The molecule has 1 fully saturated rings. The SMILES string of the molecule is Cc1cc(-c2ccncc2)nc(C2(CN)COC2)n1. The summed E-state index contributed by atoms with van der Waals surface area (Å²) in [6.07, 6.45) is 3.52. The smallest absolute Gasteiger partial charge is 0.141 e. The fourth-order valence-electron chi connectivity index (χ4n) is 2.16. The first-order chi connectivity index (χ1) is 9.23. The van der Waals surface area contributed by atoms with Crippen LogP contribution in [0.5, 0.6) is 0 Å². The fraction of sp³-hybridized carbons (Fsp3) is 0.357. The quantitative estimate of drug-likeness (QED) is 0.889. The first kappa shape index (κ1) is 12.2. The zero-order chi connectivity index (χ0) is 13.3. The fourth-order valence-corrected chi connectivity index (χ4v) is 2.16. The van der Waals surface area contributed by atoms with E-state index in [4.69, 9.17) is 10.5 Å². The van der Waals surface area contributed by atoms with Crippen molar-refractivity contribution in [2.24, 2.45) is 5.73 Å². The van der Waals surface area contributed by atoms with Crippen LogP contribution < -0.4 is 5.73 Å². The van der Waals surface area contributed by atoms with Gasteiger partial charge in [0.25, 0.3) is 0 Å². The number of pyridine rings is 1. The summed E-state index contributed by atoms with van der Waals surface area (Å²) >= 11 is 0. The maximum Gasteiger partial charge on any atom is 0.141 e. The van der Waals surface area contributed by atoms with Gasteiger partial charge < -0.3 is 10.5 Å². The number of nitrogens with zero attached hydrogens (tertiary/aromatic N) is 3. The number of aromatic nitrogens is 3. The largest absolute Gasteiger partial charge is 0.379 e. The molecule has 3 heterocycles. The van der Waals surface area contributed by atoms with E-state index in [0.29, 0.717) is 19.8 Å². The molecule has 1 saturated heterocycles. The molecule has 5 heteroatoms. The Morgan fingerprint density at radius 2 is 2.00 bits per heavy atom. The second kappa shape index (κ2) is 4.68. The number of hydrogen-bond donors (Lipinski definition) is 1. The van der Waals surface area contributed by atoms with Gasteiger partial charge in [0.2, 0.25) is 0 Å². The van der Waals surface area contributed by atoms with Crippen LogP contribution in [0, 0.1) is 6.92 Å². The first-order valence-electron chi connectivity index (χ1n) is 6.28. The molecule has 0 amide bonds. The molecule has 19 heavy (non-hydrogen) atoms. The van der Waals surface area contributed by atoms with Crippen molar-refractivity contribution < 1.29 is 4.74 Å². The van der Waals surface area contributed by atoms with Crippen LogP contribution >= 0.6 is 0 Å². The molecule has 1 aliphatic rings. The molecule has 5 nitrogen and oxygen atoms in total. The van der Waals surface area contributed by atoms with Crippen LogP contribution in [-0.4, -0.2) is 34.7 Å². The van der Waals surface area contributed by atoms with E-state index in [2.05, 4.69) is 15.0 Å². The number of aryl methyl sites for hydroxylation is 1. The van der Waals surface area contributed by atoms with Crippen molar-refractivity contribution in [2.75, 3.05) is 19.8 Å². The molecular formula is C14H16N4O. The zero-order valence-electron chi connectivity index (χ0n) is 10.8. The van der Waals surface area contributed by atoms with Crippen molar-refractivity contribution in [1.82, 2.24) is 15.0 Å². The van der Waals surface area contributed by atoms with Crippen LogP contribution in [0.15, 0.2) is 30.6 Å². The van der Waals surface area contributed by atoms with Gasteiger partial charge in [0.15, 0.2) is 0 Å². The van der Waals surface area contributed by atoms with Crippen LogP contribution in [0.1, 0.15) is 11.5 Å². The summed E-state index contributed by atoms with van der Waals surface area (Å²) < 4.78 is 5.30. The van der Waals surface area contributed by atoms with Gasteiger partial charge in [-0.05, 0) is 25.1 Å². The molecule has 0 bridgehead atoms. The Bertz CT molecular complexity index is 576. The average molecular weight is 256 g/mol. The summed E-state index contributed by atoms with van der Waals surface area (Å²) in [5.74, 6) is 0.785. The lowest BCUT2D eigenvalue weighted by Crippen LogP contribution is -2.53. The van der Waals surface area contributed by atoms with Crippen molar-refractivity contribution >= 4 is 0 Å². The summed E-state index contributed by atoms with van der Waals surface area (Å²) in [6.45, 7) is 3.68. The van der Waals surface area contributed by atoms with E-state index in [1.807, 2.05) is 25.1 Å². The molecule has 1 aliphatic heterocycles. The van der Waals surface area contributed by atoms with Crippen molar-refractivity contribution in [3.63, 3.8) is 0 Å². The lowest BCUT2D eigenvalue weighted by molar-refractivity contribution is -0.0594. The molecule has 0 atom stereocenters. The number of ether oxygens (including phenoxy) is 1. The Balaban J connectivity index is 2.06. The molecule has 2 aromatic rings. The van der Waals surface area contributed by atoms with Gasteiger partial charge >= 0.3 is 0 Å². The maximum atomic E-state index is 5.87. The number of rotatable bonds is 3. The predicted molar refractivity (Wildman–Crippen MR) is 71.6 cm³/mol. The van der Waals surface area contributed by atoms with Gasteiger partial charge in [-0.3, -0.25) is 4.98 Å². The van der Waals surface area contributed by atoms with Crippen molar-refractivity contribution in [1.29, 1.82) is 0 Å². The Hall–Kier alpha value is -1.85. The van der Waals surface area contributed by atoms with Crippen molar-refractivity contribution in [3.8, 4) is 11.3 Å². The highest BCUT2D eigenvalue weighted by atomic mass is 16.5. The summed E-state index contributed by atoms with van der Waals surface area (Å²) in [5, 5.41) is 0. The standard InChI is InChI=1S/C14H16N4O/c1-10-6-12(11-2-4-16-5-3-11)18-13(17-10)14(7-15)8-19-9-14/h2-6H,7-9,15H2,1H3. The Kier molecular flexibility index (Phi) is 3.00. The third-order valence-corrected chi connectivity index (χ3v) is 3.45. The van der Waals surface area contributed by atoms with Gasteiger partial charge in [-0.15, -0.1) is 0 Å². The van der Waals surface area contributed by atoms with Crippen molar-refractivity contribution in [3.05, 3.63) is 42.1 Å². The summed E-state index contributed by atoms with van der Waals surface area (Å²) in [5.41, 5.74) is 8.54. The van der Waals surface area contributed by atoms with Gasteiger partial charge in [-0.1, -0.05) is 0 Å². The Morgan fingerprint density at radius 1 is 1.26 bits per heavy atom. The first-order valence-corrected chi connectivity index (χ1v) is 6.28. The van der Waals surface area contributed by atoms with Crippen LogP contribution in [0.2, 0.25) is 0 Å².